The van der Waals surface area contributed by atoms with Gasteiger partial charge in [-0.3, -0.25) is 9.80 Å². The van der Waals surface area contributed by atoms with Gasteiger partial charge in [0.1, 0.15) is 0 Å². The van der Waals surface area contributed by atoms with Gasteiger partial charge in [-0.05, 0) is 40.2 Å². The topological polar surface area (TPSA) is 72.3 Å². The molecule has 0 rings (SSSR count). The molecule has 0 aromatic carbocycles. The fourth-order valence-corrected chi connectivity index (χ4v) is 0.957. The highest BCUT2D eigenvalue weighted by molar-refractivity contribution is 8.93. The zero-order valence-corrected chi connectivity index (χ0v) is 11.5. The molecule has 0 aromatic rings. The van der Waals surface area contributed by atoms with E-state index in [0.29, 0.717) is 13.1 Å². The van der Waals surface area contributed by atoms with E-state index in [1.54, 1.807) is 6.92 Å². The number of nitrogens with two attached hydrogens (primary N) is 2. The molecule has 0 unspecified atom stereocenters. The average molecular weight is 280 g/mol. The van der Waals surface area contributed by atoms with Crippen molar-refractivity contribution in [3.05, 3.63) is 11.1 Å². The maximum atomic E-state index is 11.6. The molecule has 4 N–H and O–H groups in total. The number of carbonyl (C=O) groups is 1. The summed E-state index contributed by atoms with van der Waals surface area (Å²) in [6.45, 7) is 6.81. The van der Waals surface area contributed by atoms with Crippen LogP contribution < -0.4 is 11.6 Å². The molecule has 15 heavy (non-hydrogen) atoms. The van der Waals surface area contributed by atoms with Gasteiger partial charge in [0.05, 0.1) is 0 Å². The fraction of sp³-hybridized carbons (Fsp3) is 0.700. The number of halogens is 1. The SMILES string of the molecule is Br.CC(C)=C(C)C(=O)N(N)CCCCN. The quantitative estimate of drug-likeness (QED) is 0.262. The lowest BCUT2D eigenvalue weighted by molar-refractivity contribution is -0.127. The van der Waals surface area contributed by atoms with E-state index in [1.165, 1.54) is 5.01 Å². The highest BCUT2D eigenvalue weighted by atomic mass is 79.9. The average Bonchev–Trinajstić information content (AvgIpc) is 2.15. The fourth-order valence-electron chi connectivity index (χ4n) is 0.957. The summed E-state index contributed by atoms with van der Waals surface area (Å²) < 4.78 is 0. The van der Waals surface area contributed by atoms with Crippen molar-refractivity contribution in [3.8, 4) is 0 Å². The second kappa shape index (κ2) is 8.88. The molecule has 0 heterocycles. The van der Waals surface area contributed by atoms with Crippen molar-refractivity contribution in [2.24, 2.45) is 11.6 Å². The first-order chi connectivity index (χ1) is 6.50. The number of allylic oxidation sites excluding steroid dienone is 1. The number of carbonyl (C=O) groups excluding carboxylic acids is 1. The van der Waals surface area contributed by atoms with Crippen LogP contribution in [0, 0.1) is 0 Å². The van der Waals surface area contributed by atoms with Crippen LogP contribution in [-0.4, -0.2) is 24.0 Å². The van der Waals surface area contributed by atoms with Crippen LogP contribution in [0.15, 0.2) is 11.1 Å². The Morgan fingerprint density at radius 3 is 2.13 bits per heavy atom. The molecule has 4 nitrogen and oxygen atoms in total. The first kappa shape index (κ1) is 17.0. The Kier molecular flexibility index (Phi) is 10.1. The van der Waals surface area contributed by atoms with Gasteiger partial charge in [0, 0.05) is 12.1 Å². The lowest BCUT2D eigenvalue weighted by atomic mass is 10.1. The first-order valence-electron chi connectivity index (χ1n) is 4.91. The van der Waals surface area contributed by atoms with Crippen molar-refractivity contribution < 1.29 is 4.79 Å². The maximum absolute atomic E-state index is 11.6. The van der Waals surface area contributed by atoms with Crippen molar-refractivity contribution in [3.63, 3.8) is 0 Å². The molecule has 5 heteroatoms. The number of nitrogens with zero attached hydrogens (tertiary/aromatic N) is 1. The van der Waals surface area contributed by atoms with E-state index in [-0.39, 0.29) is 22.9 Å². The zero-order chi connectivity index (χ0) is 11.1. The van der Waals surface area contributed by atoms with Gasteiger partial charge in [0.15, 0.2) is 0 Å². The number of hydrogen-bond donors (Lipinski definition) is 2. The number of hydrogen-bond acceptors (Lipinski definition) is 3. The van der Waals surface area contributed by atoms with Crippen LogP contribution in [0.4, 0.5) is 0 Å². The van der Waals surface area contributed by atoms with Crippen LogP contribution in [-0.2, 0) is 4.79 Å². The molecule has 0 spiro atoms. The summed E-state index contributed by atoms with van der Waals surface area (Å²) in [5.74, 6) is 5.51. The molecule has 0 aliphatic carbocycles. The van der Waals surface area contributed by atoms with Gasteiger partial charge in [0.2, 0.25) is 0 Å². The minimum atomic E-state index is -0.0954. The van der Waals surface area contributed by atoms with Gasteiger partial charge in [-0.1, -0.05) is 5.57 Å². The minimum absolute atomic E-state index is 0. The molecule has 0 fully saturated rings. The Bertz CT molecular complexity index is 225. The van der Waals surface area contributed by atoms with Gasteiger partial charge in [0.25, 0.3) is 5.91 Å². The molecule has 0 aliphatic rings. The van der Waals surface area contributed by atoms with Gasteiger partial charge < -0.3 is 5.73 Å². The maximum Gasteiger partial charge on any atom is 0.263 e. The molecule has 0 aromatic heterocycles. The molecule has 0 saturated heterocycles. The Morgan fingerprint density at radius 1 is 1.20 bits per heavy atom. The Morgan fingerprint density at radius 2 is 1.73 bits per heavy atom. The largest absolute Gasteiger partial charge is 0.330 e. The second-order valence-corrected chi connectivity index (χ2v) is 3.62. The molecule has 0 bridgehead atoms. The first-order valence-corrected chi connectivity index (χ1v) is 4.91. The summed E-state index contributed by atoms with van der Waals surface area (Å²) >= 11 is 0. The van der Waals surface area contributed by atoms with Gasteiger partial charge in [-0.15, -0.1) is 17.0 Å². The summed E-state index contributed by atoms with van der Waals surface area (Å²) in [4.78, 5) is 11.6. The third kappa shape index (κ3) is 6.65. The normalized spacial score (nSPS) is 9.13. The molecular formula is C10H22BrN3O. The number of amides is 1. The molecular weight excluding hydrogens is 258 g/mol. The monoisotopic (exact) mass is 279 g/mol. The van der Waals surface area contributed by atoms with Gasteiger partial charge in [-0.25, -0.2) is 5.84 Å². The van der Waals surface area contributed by atoms with Crippen molar-refractivity contribution >= 4 is 22.9 Å². The highest BCUT2D eigenvalue weighted by Gasteiger charge is 2.11. The van der Waals surface area contributed by atoms with E-state index in [9.17, 15) is 4.79 Å². The Labute approximate surface area is 102 Å². The standard InChI is InChI=1S/C10H21N3O.BrH/c1-8(2)9(3)10(14)13(12)7-5-4-6-11;/h4-7,11-12H2,1-3H3;1H. The van der Waals surface area contributed by atoms with E-state index in [0.717, 1.165) is 24.0 Å². The summed E-state index contributed by atoms with van der Waals surface area (Å²) in [6, 6.07) is 0. The van der Waals surface area contributed by atoms with Crippen LogP contribution in [0.1, 0.15) is 33.6 Å². The van der Waals surface area contributed by atoms with Crippen LogP contribution in [0.25, 0.3) is 0 Å². The number of rotatable bonds is 5. The Hall–Kier alpha value is -0.390. The van der Waals surface area contributed by atoms with Crippen LogP contribution in [0.5, 0.6) is 0 Å². The predicted molar refractivity (Wildman–Crippen MR) is 68.6 cm³/mol. The summed E-state index contributed by atoms with van der Waals surface area (Å²) in [5, 5.41) is 1.26. The smallest absolute Gasteiger partial charge is 0.263 e. The number of hydrazine groups is 1. The Balaban J connectivity index is 0. The minimum Gasteiger partial charge on any atom is -0.330 e. The molecule has 1 amide bonds. The summed E-state index contributed by atoms with van der Waals surface area (Å²) in [5.41, 5.74) is 7.07. The summed E-state index contributed by atoms with van der Waals surface area (Å²) in [6.07, 6.45) is 1.75. The van der Waals surface area contributed by atoms with Gasteiger partial charge >= 0.3 is 0 Å². The number of unbranched alkanes of at least 4 members (excludes halogenated alkanes) is 1. The zero-order valence-electron chi connectivity index (χ0n) is 9.75. The molecule has 0 atom stereocenters. The second-order valence-electron chi connectivity index (χ2n) is 3.62. The van der Waals surface area contributed by atoms with Crippen molar-refractivity contribution in [2.75, 3.05) is 13.1 Å². The molecule has 0 radical (unpaired) electrons. The summed E-state index contributed by atoms with van der Waals surface area (Å²) in [7, 11) is 0. The van der Waals surface area contributed by atoms with Crippen molar-refractivity contribution in [1.82, 2.24) is 5.01 Å². The predicted octanol–water partition coefficient (Wildman–Crippen LogP) is 1.36. The van der Waals surface area contributed by atoms with Crippen LogP contribution >= 0.6 is 17.0 Å². The van der Waals surface area contributed by atoms with E-state index < -0.39 is 0 Å². The van der Waals surface area contributed by atoms with E-state index >= 15 is 0 Å². The third-order valence-electron chi connectivity index (χ3n) is 2.18. The van der Waals surface area contributed by atoms with Gasteiger partial charge in [-0.2, -0.15) is 0 Å². The molecule has 90 valence electrons. The van der Waals surface area contributed by atoms with Crippen molar-refractivity contribution in [2.45, 2.75) is 33.6 Å². The molecule has 0 aliphatic heterocycles. The highest BCUT2D eigenvalue weighted by Crippen LogP contribution is 2.05. The third-order valence-corrected chi connectivity index (χ3v) is 2.18. The van der Waals surface area contributed by atoms with E-state index in [4.69, 9.17) is 11.6 Å². The lowest BCUT2D eigenvalue weighted by Gasteiger charge is -2.17. The van der Waals surface area contributed by atoms with Crippen LogP contribution in [0.3, 0.4) is 0 Å². The molecule has 0 saturated carbocycles. The van der Waals surface area contributed by atoms with Crippen molar-refractivity contribution in [1.29, 1.82) is 0 Å². The van der Waals surface area contributed by atoms with E-state index in [1.807, 2.05) is 13.8 Å². The lowest BCUT2D eigenvalue weighted by Crippen LogP contribution is -2.39. The van der Waals surface area contributed by atoms with E-state index in [2.05, 4.69) is 0 Å². The van der Waals surface area contributed by atoms with Crippen LogP contribution in [0.2, 0.25) is 0 Å².